The average molecular weight is 483 g/mol. The van der Waals surface area contributed by atoms with Crippen LogP contribution in [0.1, 0.15) is 0 Å². The van der Waals surface area contributed by atoms with Crippen molar-refractivity contribution in [2.24, 2.45) is 5.73 Å². The zero-order valence-electron chi connectivity index (χ0n) is 16.8. The predicted molar refractivity (Wildman–Crippen MR) is 120 cm³/mol. The van der Waals surface area contributed by atoms with Gasteiger partial charge >= 0.3 is 12.1 Å². The lowest BCUT2D eigenvalue weighted by Crippen LogP contribution is -2.55. The fourth-order valence-electron chi connectivity index (χ4n) is 3.15. The van der Waals surface area contributed by atoms with Crippen LogP contribution in [0.25, 0.3) is 0 Å². The number of hydrogen-bond acceptors (Lipinski definition) is 4. The summed E-state index contributed by atoms with van der Waals surface area (Å²) in [5, 5.41) is 8.35. The fraction of sp³-hybridized carbons (Fsp3) is 0.250. The summed E-state index contributed by atoms with van der Waals surface area (Å²) >= 11 is 11.9. The van der Waals surface area contributed by atoms with E-state index in [0.717, 1.165) is 6.07 Å². The number of hydrogen-bond donors (Lipinski definition) is 4. The molecule has 5 amide bonds. The van der Waals surface area contributed by atoms with Gasteiger partial charge in [0.25, 0.3) is 5.91 Å². The maximum absolute atomic E-state index is 13.4. The summed E-state index contributed by atoms with van der Waals surface area (Å²) in [7, 11) is 0. The van der Waals surface area contributed by atoms with E-state index >= 15 is 0 Å². The van der Waals surface area contributed by atoms with Crippen LogP contribution in [0, 0.1) is 5.82 Å². The number of nitrogens with one attached hydrogen (secondary N) is 3. The van der Waals surface area contributed by atoms with Gasteiger partial charge in [-0.15, -0.1) is 0 Å². The Bertz CT molecular complexity index is 1020. The second kappa shape index (κ2) is 10.5. The summed E-state index contributed by atoms with van der Waals surface area (Å²) in [4.78, 5) is 40.9. The number of nitrogens with two attached hydrogens (primary N) is 1. The van der Waals surface area contributed by atoms with E-state index in [1.165, 1.54) is 40.1 Å². The maximum atomic E-state index is 13.4. The molecule has 12 heteroatoms. The van der Waals surface area contributed by atoms with Gasteiger partial charge in [0.1, 0.15) is 5.82 Å². The molecule has 170 valence electrons. The Balaban J connectivity index is 1.78. The van der Waals surface area contributed by atoms with Crippen LogP contribution in [0.2, 0.25) is 10.0 Å². The van der Waals surface area contributed by atoms with Crippen molar-refractivity contribution in [1.29, 1.82) is 0 Å². The van der Waals surface area contributed by atoms with Crippen LogP contribution < -0.4 is 21.7 Å². The topological polar surface area (TPSA) is 120 Å². The van der Waals surface area contributed by atoms with E-state index in [-0.39, 0.29) is 36.9 Å². The lowest BCUT2D eigenvalue weighted by Gasteiger charge is -2.29. The van der Waals surface area contributed by atoms with Crippen molar-refractivity contribution in [3.63, 3.8) is 0 Å². The fourth-order valence-corrected chi connectivity index (χ4v) is 3.45. The quantitative estimate of drug-likeness (QED) is 0.523. The molecule has 0 aromatic heterocycles. The molecule has 1 heterocycles. The van der Waals surface area contributed by atoms with Crippen LogP contribution in [-0.2, 0) is 4.79 Å². The lowest BCUT2D eigenvalue weighted by atomic mass is 10.3. The van der Waals surface area contributed by atoms with Crippen LogP contribution in [-0.4, -0.2) is 60.1 Å². The molecule has 1 atom stereocenters. The third-order valence-electron chi connectivity index (χ3n) is 4.62. The van der Waals surface area contributed by atoms with Crippen molar-refractivity contribution in [3.05, 3.63) is 58.3 Å². The first kappa shape index (κ1) is 23.6. The van der Waals surface area contributed by atoms with E-state index < -0.39 is 30.0 Å². The number of halogens is 3. The SMILES string of the molecule is NCCNC(=O)C1N(C(=O)Nc2cccc(F)c2)CCN1C(=O)Nc1ccc(Cl)c(Cl)c1. The van der Waals surface area contributed by atoms with Crippen molar-refractivity contribution in [2.45, 2.75) is 6.17 Å². The number of anilines is 2. The molecular formula is C20H21Cl2FN6O3. The van der Waals surface area contributed by atoms with Gasteiger partial charge in [0.15, 0.2) is 6.17 Å². The molecule has 0 saturated carbocycles. The number of benzene rings is 2. The van der Waals surface area contributed by atoms with E-state index in [9.17, 15) is 18.8 Å². The third kappa shape index (κ3) is 5.58. The summed E-state index contributed by atoms with van der Waals surface area (Å²) in [5.41, 5.74) is 6.04. The molecule has 1 fully saturated rings. The number of amides is 5. The predicted octanol–water partition coefficient (Wildman–Crippen LogP) is 2.92. The number of nitrogens with zero attached hydrogens (tertiary/aromatic N) is 2. The van der Waals surface area contributed by atoms with Crippen molar-refractivity contribution in [1.82, 2.24) is 15.1 Å². The highest BCUT2D eigenvalue weighted by molar-refractivity contribution is 6.42. The van der Waals surface area contributed by atoms with Crippen molar-refractivity contribution >= 4 is 52.5 Å². The molecular weight excluding hydrogens is 462 g/mol. The highest BCUT2D eigenvalue weighted by Gasteiger charge is 2.42. The second-order valence-corrected chi connectivity index (χ2v) is 7.65. The first-order valence-corrected chi connectivity index (χ1v) is 10.4. The molecule has 0 aliphatic carbocycles. The zero-order chi connectivity index (χ0) is 23.3. The summed E-state index contributed by atoms with van der Waals surface area (Å²) in [5.74, 6) is -1.10. The molecule has 0 radical (unpaired) electrons. The Morgan fingerprint density at radius 3 is 2.16 bits per heavy atom. The van der Waals surface area contributed by atoms with Crippen LogP contribution in [0.15, 0.2) is 42.5 Å². The molecule has 1 unspecified atom stereocenters. The van der Waals surface area contributed by atoms with Gasteiger partial charge in [0.2, 0.25) is 0 Å². The maximum Gasteiger partial charge on any atom is 0.323 e. The highest BCUT2D eigenvalue weighted by atomic mass is 35.5. The summed E-state index contributed by atoms with van der Waals surface area (Å²) < 4.78 is 13.4. The zero-order valence-corrected chi connectivity index (χ0v) is 18.3. The molecule has 32 heavy (non-hydrogen) atoms. The van der Waals surface area contributed by atoms with Gasteiger partial charge in [0.05, 0.1) is 10.0 Å². The number of carbonyl (C=O) groups is 3. The molecule has 3 rings (SSSR count). The van der Waals surface area contributed by atoms with Crippen molar-refractivity contribution in [2.75, 3.05) is 36.8 Å². The number of urea groups is 2. The van der Waals surface area contributed by atoms with E-state index in [4.69, 9.17) is 28.9 Å². The average Bonchev–Trinajstić information content (AvgIpc) is 3.20. The first-order chi connectivity index (χ1) is 15.3. The Hall–Kier alpha value is -3.08. The largest absolute Gasteiger partial charge is 0.351 e. The van der Waals surface area contributed by atoms with Gasteiger partial charge in [-0.3, -0.25) is 14.6 Å². The minimum absolute atomic E-state index is 0.0800. The minimum atomic E-state index is -1.24. The molecule has 1 aliphatic rings. The Morgan fingerprint density at radius 2 is 1.59 bits per heavy atom. The normalized spacial score (nSPS) is 15.4. The Kier molecular flexibility index (Phi) is 7.73. The molecule has 9 nitrogen and oxygen atoms in total. The molecule has 0 bridgehead atoms. The van der Waals surface area contributed by atoms with Gasteiger partial charge in [-0.25, -0.2) is 14.0 Å². The summed E-state index contributed by atoms with van der Waals surface area (Å²) in [6.45, 7) is 0.515. The van der Waals surface area contributed by atoms with E-state index in [0.29, 0.717) is 10.7 Å². The Labute approximate surface area is 193 Å². The van der Waals surface area contributed by atoms with Gasteiger partial charge in [-0.2, -0.15) is 0 Å². The first-order valence-electron chi connectivity index (χ1n) is 9.64. The molecule has 1 saturated heterocycles. The molecule has 5 N–H and O–H groups in total. The van der Waals surface area contributed by atoms with Crippen LogP contribution >= 0.6 is 23.2 Å². The molecule has 2 aromatic carbocycles. The molecule has 2 aromatic rings. The third-order valence-corrected chi connectivity index (χ3v) is 5.36. The van der Waals surface area contributed by atoms with Crippen LogP contribution in [0.3, 0.4) is 0 Å². The monoisotopic (exact) mass is 482 g/mol. The number of rotatable bonds is 5. The number of carbonyl (C=O) groups excluding carboxylic acids is 3. The summed E-state index contributed by atoms with van der Waals surface area (Å²) in [6, 6.07) is 8.61. The summed E-state index contributed by atoms with van der Waals surface area (Å²) in [6.07, 6.45) is -1.24. The van der Waals surface area contributed by atoms with E-state index in [1.807, 2.05) is 0 Å². The molecule has 0 spiro atoms. The standard InChI is InChI=1S/C20H21Cl2FN6O3/c21-15-5-4-14(11-16(15)22)27-20(32)29-9-8-28(18(29)17(30)25-7-6-24)19(31)26-13-3-1-2-12(23)10-13/h1-5,10-11,18H,6-9,24H2,(H,25,30)(H,26,31)(H,27,32). The van der Waals surface area contributed by atoms with Gasteiger partial charge in [-0.05, 0) is 36.4 Å². The van der Waals surface area contributed by atoms with Gasteiger partial charge in [0, 0.05) is 37.6 Å². The van der Waals surface area contributed by atoms with Crippen LogP contribution in [0.5, 0.6) is 0 Å². The molecule has 1 aliphatic heterocycles. The smallest absolute Gasteiger partial charge is 0.323 e. The Morgan fingerprint density at radius 1 is 0.969 bits per heavy atom. The van der Waals surface area contributed by atoms with Gasteiger partial charge < -0.3 is 21.7 Å². The van der Waals surface area contributed by atoms with E-state index in [2.05, 4.69) is 16.0 Å². The second-order valence-electron chi connectivity index (χ2n) is 6.84. The van der Waals surface area contributed by atoms with Crippen LogP contribution in [0.4, 0.5) is 25.4 Å². The lowest BCUT2D eigenvalue weighted by molar-refractivity contribution is -0.127. The van der Waals surface area contributed by atoms with E-state index in [1.54, 1.807) is 6.07 Å². The van der Waals surface area contributed by atoms with Crippen molar-refractivity contribution in [3.8, 4) is 0 Å². The van der Waals surface area contributed by atoms with Gasteiger partial charge in [-0.1, -0.05) is 29.3 Å². The minimum Gasteiger partial charge on any atom is -0.351 e. The van der Waals surface area contributed by atoms with Crippen molar-refractivity contribution < 1.29 is 18.8 Å². The highest BCUT2D eigenvalue weighted by Crippen LogP contribution is 2.26.